The van der Waals surface area contributed by atoms with E-state index in [1.165, 1.54) is 0 Å². The molecule has 8 heteroatoms. The zero-order valence-electron chi connectivity index (χ0n) is 18.9. The Morgan fingerprint density at radius 2 is 1.77 bits per heavy atom. The lowest BCUT2D eigenvalue weighted by Gasteiger charge is -2.31. The quantitative estimate of drug-likeness (QED) is 0.577. The fourth-order valence-corrected chi connectivity index (χ4v) is 4.96. The summed E-state index contributed by atoms with van der Waals surface area (Å²) in [6, 6.07) is 9.60. The number of nitrogens with one attached hydrogen (secondary N) is 1. The van der Waals surface area contributed by atoms with Crippen molar-refractivity contribution in [1.29, 1.82) is 0 Å². The van der Waals surface area contributed by atoms with Crippen LogP contribution in [0.3, 0.4) is 0 Å². The lowest BCUT2D eigenvalue weighted by molar-refractivity contribution is -0.123. The maximum absolute atomic E-state index is 13.3. The maximum Gasteiger partial charge on any atom is 0.244 e. The van der Waals surface area contributed by atoms with Gasteiger partial charge in [-0.2, -0.15) is 0 Å². The van der Waals surface area contributed by atoms with E-state index in [0.29, 0.717) is 23.6 Å². The van der Waals surface area contributed by atoms with E-state index in [9.17, 15) is 13.2 Å². The van der Waals surface area contributed by atoms with Crippen LogP contribution in [-0.4, -0.2) is 33.7 Å². The van der Waals surface area contributed by atoms with Crippen molar-refractivity contribution in [2.24, 2.45) is 0 Å². The lowest BCUT2D eigenvalue weighted by atomic mass is 10.0. The second kappa shape index (κ2) is 10.4. The van der Waals surface area contributed by atoms with Gasteiger partial charge in [0, 0.05) is 5.02 Å². The number of anilines is 1. The summed E-state index contributed by atoms with van der Waals surface area (Å²) in [5.74, 6) is 0.417. The molecule has 0 aliphatic carbocycles. The van der Waals surface area contributed by atoms with Crippen LogP contribution in [0.1, 0.15) is 49.4 Å². The van der Waals surface area contributed by atoms with Crippen LogP contribution in [0.15, 0.2) is 36.4 Å². The minimum atomic E-state index is -3.73. The van der Waals surface area contributed by atoms with Gasteiger partial charge in [0.15, 0.2) is 0 Å². The van der Waals surface area contributed by atoms with Gasteiger partial charge in [-0.05, 0) is 61.6 Å². The number of nitrogens with zero attached hydrogens (tertiary/aromatic N) is 1. The van der Waals surface area contributed by atoms with Gasteiger partial charge in [-0.15, -0.1) is 0 Å². The summed E-state index contributed by atoms with van der Waals surface area (Å²) >= 11 is 6.23. The Labute approximate surface area is 190 Å². The first-order valence-corrected chi connectivity index (χ1v) is 12.5. The number of aryl methyl sites for hydroxylation is 2. The molecule has 0 saturated carbocycles. The summed E-state index contributed by atoms with van der Waals surface area (Å²) in [5.41, 5.74) is 3.10. The SMILES string of the molecule is CC[C@@H](NC(=O)[C@H](CC)N(c1ccc(C)c(Cl)c1)S(C)(=O)=O)c1ccc(OC)c(C)c1. The van der Waals surface area contributed by atoms with E-state index in [4.69, 9.17) is 16.3 Å². The van der Waals surface area contributed by atoms with Crippen LogP contribution >= 0.6 is 11.6 Å². The Morgan fingerprint density at radius 3 is 2.26 bits per heavy atom. The summed E-state index contributed by atoms with van der Waals surface area (Å²) in [4.78, 5) is 13.3. The molecule has 0 heterocycles. The highest BCUT2D eigenvalue weighted by Gasteiger charge is 2.32. The maximum atomic E-state index is 13.3. The van der Waals surface area contributed by atoms with E-state index < -0.39 is 16.1 Å². The van der Waals surface area contributed by atoms with Crippen molar-refractivity contribution >= 4 is 33.2 Å². The largest absolute Gasteiger partial charge is 0.496 e. The molecule has 0 fully saturated rings. The second-order valence-corrected chi connectivity index (χ2v) is 9.88. The molecule has 0 aliphatic rings. The molecule has 0 aliphatic heterocycles. The Hall–Kier alpha value is -2.25. The molecule has 0 radical (unpaired) electrons. The summed E-state index contributed by atoms with van der Waals surface area (Å²) < 4.78 is 31.8. The van der Waals surface area contributed by atoms with Crippen molar-refractivity contribution in [1.82, 2.24) is 5.32 Å². The van der Waals surface area contributed by atoms with Crippen molar-refractivity contribution < 1.29 is 17.9 Å². The molecule has 2 rings (SSSR count). The van der Waals surface area contributed by atoms with Gasteiger partial charge in [0.1, 0.15) is 11.8 Å². The zero-order valence-corrected chi connectivity index (χ0v) is 20.5. The van der Waals surface area contributed by atoms with Crippen LogP contribution < -0.4 is 14.4 Å². The summed E-state index contributed by atoms with van der Waals surface area (Å²) in [7, 11) is -2.11. The third-order valence-electron chi connectivity index (χ3n) is 5.29. The van der Waals surface area contributed by atoms with Crippen molar-refractivity contribution in [3.63, 3.8) is 0 Å². The normalized spacial score (nSPS) is 13.4. The van der Waals surface area contributed by atoms with Gasteiger partial charge in [-0.1, -0.05) is 43.6 Å². The average Bonchev–Trinajstić information content (AvgIpc) is 2.71. The molecule has 2 aromatic rings. The Bertz CT molecular complexity index is 1040. The number of rotatable bonds is 9. The molecule has 0 aromatic heterocycles. The highest BCUT2D eigenvalue weighted by Crippen LogP contribution is 2.29. The first kappa shape index (κ1) is 25.0. The molecule has 0 bridgehead atoms. The standard InChI is InChI=1S/C23H31ClN2O4S/c1-7-20(17-10-12-22(30-5)16(4)13-17)25-23(27)21(8-2)26(31(6,28)29)18-11-9-15(3)19(24)14-18/h9-14,20-21H,7-8H2,1-6H3,(H,25,27)/t20-,21+/m1/s1. The molecule has 31 heavy (non-hydrogen) atoms. The van der Waals surface area contributed by atoms with Gasteiger partial charge in [0.25, 0.3) is 0 Å². The molecule has 0 unspecified atom stereocenters. The van der Waals surface area contributed by atoms with Crippen LogP contribution in [0.5, 0.6) is 5.75 Å². The van der Waals surface area contributed by atoms with Crippen molar-refractivity contribution in [3.05, 3.63) is 58.1 Å². The molecule has 6 nitrogen and oxygen atoms in total. The van der Waals surface area contributed by atoms with E-state index in [-0.39, 0.29) is 11.9 Å². The van der Waals surface area contributed by atoms with E-state index in [1.54, 1.807) is 32.2 Å². The number of carbonyl (C=O) groups excluding carboxylic acids is 1. The third kappa shape index (κ3) is 5.92. The van der Waals surface area contributed by atoms with Gasteiger partial charge >= 0.3 is 0 Å². The molecule has 1 amide bonds. The van der Waals surface area contributed by atoms with Gasteiger partial charge < -0.3 is 10.1 Å². The van der Waals surface area contributed by atoms with Crippen LogP contribution in [0.25, 0.3) is 0 Å². The zero-order chi connectivity index (χ0) is 23.3. The monoisotopic (exact) mass is 466 g/mol. The molecule has 2 aromatic carbocycles. The summed E-state index contributed by atoms with van der Waals surface area (Å²) in [6.45, 7) is 7.54. The first-order valence-electron chi connectivity index (χ1n) is 10.2. The topological polar surface area (TPSA) is 75.7 Å². The predicted molar refractivity (Wildman–Crippen MR) is 126 cm³/mol. The molecule has 170 valence electrons. The van der Waals surface area contributed by atoms with E-state index >= 15 is 0 Å². The van der Waals surface area contributed by atoms with E-state index in [0.717, 1.165) is 33.0 Å². The number of amides is 1. The van der Waals surface area contributed by atoms with Gasteiger partial charge in [0.2, 0.25) is 15.9 Å². The Morgan fingerprint density at radius 1 is 1.10 bits per heavy atom. The fraction of sp³-hybridized carbons (Fsp3) is 0.435. The molecular weight excluding hydrogens is 436 g/mol. The van der Waals surface area contributed by atoms with Crippen molar-refractivity contribution in [2.45, 2.75) is 52.6 Å². The van der Waals surface area contributed by atoms with Crippen LogP contribution in [0.2, 0.25) is 5.02 Å². The lowest BCUT2D eigenvalue weighted by Crippen LogP contribution is -2.50. The van der Waals surface area contributed by atoms with Gasteiger partial charge in [0.05, 0.1) is 25.1 Å². The average molecular weight is 467 g/mol. The Kier molecular flexibility index (Phi) is 8.37. The molecule has 1 N–H and O–H groups in total. The predicted octanol–water partition coefficient (Wildman–Crippen LogP) is 4.78. The molecule has 0 saturated heterocycles. The highest BCUT2D eigenvalue weighted by atomic mass is 35.5. The first-order chi connectivity index (χ1) is 14.5. The van der Waals surface area contributed by atoms with Gasteiger partial charge in [-0.25, -0.2) is 8.42 Å². The molecule has 0 spiro atoms. The number of sulfonamides is 1. The number of methoxy groups -OCH3 is 1. The number of carbonyl (C=O) groups is 1. The number of hydrogen-bond donors (Lipinski definition) is 1. The van der Waals surface area contributed by atoms with Gasteiger partial charge in [-0.3, -0.25) is 9.10 Å². The Balaban J connectivity index is 2.38. The third-order valence-corrected chi connectivity index (χ3v) is 6.87. The molecule has 2 atom stereocenters. The fourth-order valence-electron chi connectivity index (χ4n) is 3.59. The molecular formula is C23H31ClN2O4S. The highest BCUT2D eigenvalue weighted by molar-refractivity contribution is 7.92. The minimum Gasteiger partial charge on any atom is -0.496 e. The number of ether oxygens (including phenoxy) is 1. The number of benzene rings is 2. The number of halogens is 1. The van der Waals surface area contributed by atoms with E-state index in [1.807, 2.05) is 39.0 Å². The van der Waals surface area contributed by atoms with Crippen LogP contribution in [0.4, 0.5) is 5.69 Å². The summed E-state index contributed by atoms with van der Waals surface area (Å²) in [5, 5.41) is 3.47. The minimum absolute atomic E-state index is 0.255. The summed E-state index contributed by atoms with van der Waals surface area (Å²) in [6.07, 6.45) is 2.06. The second-order valence-electron chi connectivity index (χ2n) is 7.61. The van der Waals surface area contributed by atoms with E-state index in [2.05, 4.69) is 5.32 Å². The van der Waals surface area contributed by atoms with Crippen molar-refractivity contribution in [3.8, 4) is 5.75 Å². The van der Waals surface area contributed by atoms with Crippen LogP contribution in [0, 0.1) is 13.8 Å². The number of hydrogen-bond acceptors (Lipinski definition) is 4. The van der Waals surface area contributed by atoms with Crippen molar-refractivity contribution in [2.75, 3.05) is 17.7 Å². The van der Waals surface area contributed by atoms with Crippen LogP contribution in [-0.2, 0) is 14.8 Å². The smallest absolute Gasteiger partial charge is 0.244 e.